The Kier molecular flexibility index (Phi) is 3.77. The van der Waals surface area contributed by atoms with Gasteiger partial charge in [-0.05, 0) is 31.5 Å². The number of aryl methyl sites for hydroxylation is 1. The fraction of sp³-hybridized carbons (Fsp3) is 0.286. The molecule has 0 amide bonds. The van der Waals surface area contributed by atoms with Gasteiger partial charge in [0.05, 0.1) is 5.69 Å². The van der Waals surface area contributed by atoms with E-state index < -0.39 is 0 Å². The lowest BCUT2D eigenvalue weighted by molar-refractivity contribution is 0.801. The minimum absolute atomic E-state index is 0.789. The lowest BCUT2D eigenvalue weighted by Gasteiger charge is -2.23. The van der Waals surface area contributed by atoms with Crippen molar-refractivity contribution in [1.82, 2.24) is 9.97 Å². The van der Waals surface area contributed by atoms with E-state index >= 15 is 0 Å². The van der Waals surface area contributed by atoms with E-state index in [0.717, 1.165) is 30.3 Å². The molecule has 0 bridgehead atoms. The van der Waals surface area contributed by atoms with Gasteiger partial charge in [0.1, 0.15) is 5.82 Å². The molecule has 0 spiro atoms. The molecule has 2 aromatic rings. The van der Waals surface area contributed by atoms with Crippen LogP contribution in [0.25, 0.3) is 0 Å². The minimum Gasteiger partial charge on any atom is -0.399 e. The quantitative estimate of drug-likeness (QED) is 0.836. The van der Waals surface area contributed by atoms with Crippen LogP contribution in [0, 0.1) is 6.92 Å². The molecule has 1 aromatic carbocycles. The van der Waals surface area contributed by atoms with Gasteiger partial charge in [0.25, 0.3) is 0 Å². The molecule has 0 saturated heterocycles. The molecule has 1 aromatic heterocycles. The fourth-order valence-electron chi connectivity index (χ4n) is 1.89. The van der Waals surface area contributed by atoms with E-state index in [4.69, 9.17) is 5.73 Å². The summed E-state index contributed by atoms with van der Waals surface area (Å²) in [5.41, 5.74) is 8.65. The molecule has 4 heteroatoms. The van der Waals surface area contributed by atoms with Crippen LogP contribution in [0.5, 0.6) is 0 Å². The smallest absolute Gasteiger partial charge is 0.150 e. The Balaban J connectivity index is 2.20. The molecule has 0 fully saturated rings. The number of anilines is 2. The van der Waals surface area contributed by atoms with Gasteiger partial charge in [0.15, 0.2) is 0 Å². The van der Waals surface area contributed by atoms with Gasteiger partial charge in [0, 0.05) is 31.2 Å². The summed E-state index contributed by atoms with van der Waals surface area (Å²) in [6.07, 6.45) is 3.45. The normalized spacial score (nSPS) is 10.3. The van der Waals surface area contributed by atoms with Crippen LogP contribution in [0.1, 0.15) is 18.2 Å². The predicted molar refractivity (Wildman–Crippen MR) is 74.3 cm³/mol. The van der Waals surface area contributed by atoms with Gasteiger partial charge >= 0.3 is 0 Å². The molecule has 0 aliphatic rings. The summed E-state index contributed by atoms with van der Waals surface area (Å²) < 4.78 is 0. The second-order valence-corrected chi connectivity index (χ2v) is 4.22. The third kappa shape index (κ3) is 2.77. The van der Waals surface area contributed by atoms with Gasteiger partial charge in [0.2, 0.25) is 0 Å². The van der Waals surface area contributed by atoms with Crippen LogP contribution in [0.2, 0.25) is 0 Å². The van der Waals surface area contributed by atoms with E-state index in [0.29, 0.717) is 0 Å². The summed E-state index contributed by atoms with van der Waals surface area (Å²) in [5.74, 6) is 0.942. The van der Waals surface area contributed by atoms with Crippen molar-refractivity contribution in [3.05, 3.63) is 47.9 Å². The van der Waals surface area contributed by atoms with Crippen LogP contribution in [0.3, 0.4) is 0 Å². The van der Waals surface area contributed by atoms with E-state index in [1.807, 2.05) is 31.2 Å². The molecule has 0 unspecified atom stereocenters. The standard InChI is InChI=1S/C14H18N4/c1-3-18(14-11(2)16-8-9-17-14)10-12-4-6-13(15)7-5-12/h4-9H,3,10,15H2,1-2H3. The van der Waals surface area contributed by atoms with Gasteiger partial charge in [-0.1, -0.05) is 12.1 Å². The highest BCUT2D eigenvalue weighted by molar-refractivity contribution is 5.45. The van der Waals surface area contributed by atoms with Crippen molar-refractivity contribution in [2.24, 2.45) is 0 Å². The molecule has 0 radical (unpaired) electrons. The highest BCUT2D eigenvalue weighted by Crippen LogP contribution is 2.17. The van der Waals surface area contributed by atoms with Gasteiger partial charge < -0.3 is 10.6 Å². The van der Waals surface area contributed by atoms with Crippen molar-refractivity contribution < 1.29 is 0 Å². The van der Waals surface area contributed by atoms with Crippen molar-refractivity contribution in [2.75, 3.05) is 17.2 Å². The largest absolute Gasteiger partial charge is 0.399 e. The van der Waals surface area contributed by atoms with E-state index in [1.54, 1.807) is 12.4 Å². The summed E-state index contributed by atoms with van der Waals surface area (Å²) in [6, 6.07) is 7.94. The molecule has 0 aliphatic carbocycles. The van der Waals surface area contributed by atoms with Crippen LogP contribution in [-0.4, -0.2) is 16.5 Å². The summed E-state index contributed by atoms with van der Waals surface area (Å²) in [4.78, 5) is 10.9. The van der Waals surface area contributed by atoms with Gasteiger partial charge in [-0.25, -0.2) is 4.98 Å². The molecule has 18 heavy (non-hydrogen) atoms. The number of rotatable bonds is 4. The van der Waals surface area contributed by atoms with Gasteiger partial charge in [-0.3, -0.25) is 4.98 Å². The van der Waals surface area contributed by atoms with Crippen molar-refractivity contribution >= 4 is 11.5 Å². The van der Waals surface area contributed by atoms with Crippen molar-refractivity contribution in [3.8, 4) is 0 Å². The van der Waals surface area contributed by atoms with Gasteiger partial charge in [-0.2, -0.15) is 0 Å². The Morgan fingerprint density at radius 2 is 1.78 bits per heavy atom. The Labute approximate surface area is 107 Å². The zero-order chi connectivity index (χ0) is 13.0. The van der Waals surface area contributed by atoms with Crippen LogP contribution >= 0.6 is 0 Å². The summed E-state index contributed by atoms with van der Waals surface area (Å²) in [7, 11) is 0. The number of benzene rings is 1. The third-order valence-electron chi connectivity index (χ3n) is 2.89. The molecule has 2 N–H and O–H groups in total. The van der Waals surface area contributed by atoms with Crippen molar-refractivity contribution in [3.63, 3.8) is 0 Å². The second kappa shape index (κ2) is 5.49. The van der Waals surface area contributed by atoms with Crippen LogP contribution in [-0.2, 0) is 6.54 Å². The Bertz CT molecular complexity index is 507. The number of hydrogen-bond donors (Lipinski definition) is 1. The molecule has 4 nitrogen and oxygen atoms in total. The molecular weight excluding hydrogens is 224 g/mol. The van der Waals surface area contributed by atoms with Crippen LogP contribution in [0.4, 0.5) is 11.5 Å². The lowest BCUT2D eigenvalue weighted by atomic mass is 10.2. The van der Waals surface area contributed by atoms with Gasteiger partial charge in [-0.15, -0.1) is 0 Å². The number of aromatic nitrogens is 2. The summed E-state index contributed by atoms with van der Waals surface area (Å²) in [6.45, 7) is 5.81. The van der Waals surface area contributed by atoms with Crippen LogP contribution < -0.4 is 10.6 Å². The highest BCUT2D eigenvalue weighted by Gasteiger charge is 2.09. The number of nitrogens with two attached hydrogens (primary N) is 1. The van der Waals surface area contributed by atoms with E-state index in [1.165, 1.54) is 5.56 Å². The third-order valence-corrected chi connectivity index (χ3v) is 2.89. The molecule has 0 aliphatic heterocycles. The topological polar surface area (TPSA) is 55.0 Å². The minimum atomic E-state index is 0.789. The molecule has 1 heterocycles. The predicted octanol–water partition coefficient (Wildman–Crippen LogP) is 2.39. The molecule has 0 saturated carbocycles. The van der Waals surface area contributed by atoms with Crippen molar-refractivity contribution in [2.45, 2.75) is 20.4 Å². The van der Waals surface area contributed by atoms with E-state index in [9.17, 15) is 0 Å². The Hall–Kier alpha value is -2.10. The number of nitrogen functional groups attached to an aromatic ring is 1. The summed E-state index contributed by atoms with van der Waals surface area (Å²) in [5, 5.41) is 0. The molecule has 2 rings (SSSR count). The number of nitrogens with zero attached hydrogens (tertiary/aromatic N) is 3. The second-order valence-electron chi connectivity index (χ2n) is 4.22. The first-order valence-corrected chi connectivity index (χ1v) is 6.07. The van der Waals surface area contributed by atoms with Crippen molar-refractivity contribution in [1.29, 1.82) is 0 Å². The SMILES string of the molecule is CCN(Cc1ccc(N)cc1)c1nccnc1C. The zero-order valence-corrected chi connectivity index (χ0v) is 10.8. The Morgan fingerprint density at radius 3 is 2.39 bits per heavy atom. The maximum atomic E-state index is 5.69. The first kappa shape index (κ1) is 12.4. The average molecular weight is 242 g/mol. The highest BCUT2D eigenvalue weighted by atomic mass is 15.2. The maximum Gasteiger partial charge on any atom is 0.150 e. The average Bonchev–Trinajstić information content (AvgIpc) is 2.39. The molecular formula is C14H18N4. The lowest BCUT2D eigenvalue weighted by Crippen LogP contribution is -2.24. The Morgan fingerprint density at radius 1 is 1.11 bits per heavy atom. The maximum absolute atomic E-state index is 5.69. The molecule has 0 atom stereocenters. The monoisotopic (exact) mass is 242 g/mol. The fourth-order valence-corrected chi connectivity index (χ4v) is 1.89. The molecule has 94 valence electrons. The van der Waals surface area contributed by atoms with E-state index in [-0.39, 0.29) is 0 Å². The first-order chi connectivity index (χ1) is 8.70. The van der Waals surface area contributed by atoms with E-state index in [2.05, 4.69) is 21.8 Å². The van der Waals surface area contributed by atoms with Crippen LogP contribution in [0.15, 0.2) is 36.7 Å². The summed E-state index contributed by atoms with van der Waals surface area (Å²) >= 11 is 0. The first-order valence-electron chi connectivity index (χ1n) is 6.07. The number of hydrogen-bond acceptors (Lipinski definition) is 4. The zero-order valence-electron chi connectivity index (χ0n) is 10.8.